The van der Waals surface area contributed by atoms with E-state index in [0.29, 0.717) is 12.2 Å². The lowest BCUT2D eigenvalue weighted by atomic mass is 10.1. The molecule has 2 aromatic rings. The fraction of sp³-hybridized carbons (Fsp3) is 0.267. The van der Waals surface area contributed by atoms with Crippen molar-refractivity contribution in [3.05, 3.63) is 41.3 Å². The average molecular weight is 289 g/mol. The van der Waals surface area contributed by atoms with Crippen LogP contribution in [0.15, 0.2) is 35.7 Å². The molecule has 1 saturated heterocycles. The second-order valence-corrected chi connectivity index (χ2v) is 5.54. The predicted molar refractivity (Wildman–Crippen MR) is 78.1 cm³/mol. The van der Waals surface area contributed by atoms with Gasteiger partial charge in [-0.1, -0.05) is 12.1 Å². The molecule has 0 radical (unpaired) electrons. The highest BCUT2D eigenvalue weighted by atomic mass is 32.1. The van der Waals surface area contributed by atoms with Gasteiger partial charge in [0.1, 0.15) is 11.9 Å². The summed E-state index contributed by atoms with van der Waals surface area (Å²) in [5, 5.41) is 1.87. The molecule has 1 amide bonds. The summed E-state index contributed by atoms with van der Waals surface area (Å²) < 4.78 is 11.3. The third kappa shape index (κ3) is 2.55. The molecular formula is C15H15NO3S. The molecule has 0 saturated carbocycles. The Morgan fingerprint density at radius 1 is 1.35 bits per heavy atom. The molecule has 1 aliphatic heterocycles. The molecular weight excluding hydrogens is 274 g/mol. The van der Waals surface area contributed by atoms with Crippen LogP contribution in [-0.2, 0) is 4.74 Å². The number of rotatable bonds is 4. The maximum absolute atomic E-state index is 11.5. The number of primary amides is 1. The van der Waals surface area contributed by atoms with Crippen LogP contribution >= 0.6 is 11.3 Å². The number of para-hydroxylation sites is 1. The lowest BCUT2D eigenvalue weighted by Crippen LogP contribution is -2.16. The Morgan fingerprint density at radius 3 is 2.95 bits per heavy atom. The van der Waals surface area contributed by atoms with Gasteiger partial charge in [0, 0.05) is 12.0 Å². The Morgan fingerprint density at radius 2 is 2.20 bits per heavy atom. The molecule has 5 heteroatoms. The summed E-state index contributed by atoms with van der Waals surface area (Å²) in [6.45, 7) is 1.35. The largest absolute Gasteiger partial charge is 0.487 e. The highest BCUT2D eigenvalue weighted by Crippen LogP contribution is 2.36. The zero-order chi connectivity index (χ0) is 13.9. The Balaban J connectivity index is 1.96. The summed E-state index contributed by atoms with van der Waals surface area (Å²) >= 11 is 1.49. The summed E-state index contributed by atoms with van der Waals surface area (Å²) in [6.07, 6.45) is 0.967. The van der Waals surface area contributed by atoms with Crippen molar-refractivity contribution in [1.82, 2.24) is 0 Å². The van der Waals surface area contributed by atoms with E-state index in [1.165, 1.54) is 11.3 Å². The van der Waals surface area contributed by atoms with Crippen LogP contribution in [-0.4, -0.2) is 25.2 Å². The minimum atomic E-state index is -0.416. The Hall–Kier alpha value is -1.85. The maximum Gasteiger partial charge on any atom is 0.250 e. The van der Waals surface area contributed by atoms with Crippen molar-refractivity contribution in [2.24, 2.45) is 5.73 Å². The van der Waals surface area contributed by atoms with E-state index in [1.54, 1.807) is 6.07 Å². The number of nitrogens with two attached hydrogens (primary N) is 1. The Labute approximate surface area is 121 Å². The SMILES string of the molecule is NC(=O)c1ccsc1-c1ccccc1OC1CCOC1. The molecule has 1 aliphatic rings. The highest BCUT2D eigenvalue weighted by molar-refractivity contribution is 7.14. The predicted octanol–water partition coefficient (Wildman–Crippen LogP) is 2.68. The number of thiophene rings is 1. The normalized spacial score (nSPS) is 18.1. The van der Waals surface area contributed by atoms with Gasteiger partial charge in [0.15, 0.2) is 0 Å². The van der Waals surface area contributed by atoms with Gasteiger partial charge in [0.05, 0.1) is 23.7 Å². The fourth-order valence-electron chi connectivity index (χ4n) is 2.25. The number of hydrogen-bond acceptors (Lipinski definition) is 4. The smallest absolute Gasteiger partial charge is 0.250 e. The molecule has 2 heterocycles. The molecule has 1 fully saturated rings. The molecule has 1 aromatic heterocycles. The van der Waals surface area contributed by atoms with Crippen molar-refractivity contribution in [1.29, 1.82) is 0 Å². The first kappa shape index (κ1) is 13.1. The van der Waals surface area contributed by atoms with Gasteiger partial charge >= 0.3 is 0 Å². The minimum Gasteiger partial charge on any atom is -0.487 e. The van der Waals surface area contributed by atoms with Crippen molar-refractivity contribution in [2.45, 2.75) is 12.5 Å². The van der Waals surface area contributed by atoms with Gasteiger partial charge in [-0.05, 0) is 23.6 Å². The van der Waals surface area contributed by atoms with E-state index in [-0.39, 0.29) is 6.10 Å². The van der Waals surface area contributed by atoms with Gasteiger partial charge in [-0.2, -0.15) is 0 Å². The third-order valence-corrected chi connectivity index (χ3v) is 4.19. The first-order valence-electron chi connectivity index (χ1n) is 6.47. The van der Waals surface area contributed by atoms with Crippen molar-refractivity contribution in [2.75, 3.05) is 13.2 Å². The molecule has 1 aromatic carbocycles. The number of benzene rings is 1. The van der Waals surface area contributed by atoms with Crippen molar-refractivity contribution in [3.63, 3.8) is 0 Å². The van der Waals surface area contributed by atoms with Crippen LogP contribution in [0.4, 0.5) is 0 Å². The number of amides is 1. The first-order chi connectivity index (χ1) is 9.75. The molecule has 0 bridgehead atoms. The topological polar surface area (TPSA) is 61.6 Å². The zero-order valence-electron chi connectivity index (χ0n) is 10.9. The van der Waals surface area contributed by atoms with Gasteiger partial charge in [-0.15, -0.1) is 11.3 Å². The molecule has 1 atom stereocenters. The summed E-state index contributed by atoms with van der Waals surface area (Å²) in [7, 11) is 0. The molecule has 3 rings (SSSR count). The van der Waals surface area contributed by atoms with Gasteiger partial charge in [-0.25, -0.2) is 0 Å². The fourth-order valence-corrected chi connectivity index (χ4v) is 3.19. The average Bonchev–Trinajstić information content (AvgIpc) is 3.09. The summed E-state index contributed by atoms with van der Waals surface area (Å²) in [5.41, 5.74) is 6.86. The van der Waals surface area contributed by atoms with Crippen LogP contribution in [0.2, 0.25) is 0 Å². The van der Waals surface area contributed by atoms with E-state index < -0.39 is 5.91 Å². The van der Waals surface area contributed by atoms with Gasteiger partial charge < -0.3 is 15.2 Å². The van der Waals surface area contributed by atoms with Crippen LogP contribution in [0.5, 0.6) is 5.75 Å². The highest BCUT2D eigenvalue weighted by Gasteiger charge is 2.20. The number of hydrogen-bond donors (Lipinski definition) is 1. The van der Waals surface area contributed by atoms with E-state index in [0.717, 1.165) is 29.2 Å². The lowest BCUT2D eigenvalue weighted by molar-refractivity contribution is 0.100. The van der Waals surface area contributed by atoms with Gasteiger partial charge in [-0.3, -0.25) is 4.79 Å². The lowest BCUT2D eigenvalue weighted by Gasteiger charge is -2.15. The van der Waals surface area contributed by atoms with Crippen LogP contribution in [0, 0.1) is 0 Å². The first-order valence-corrected chi connectivity index (χ1v) is 7.35. The minimum absolute atomic E-state index is 0.0770. The molecule has 0 aliphatic carbocycles. The second kappa shape index (κ2) is 5.64. The second-order valence-electron chi connectivity index (χ2n) is 4.63. The zero-order valence-corrected chi connectivity index (χ0v) is 11.7. The Bertz CT molecular complexity index is 617. The van der Waals surface area contributed by atoms with Crippen molar-refractivity contribution < 1.29 is 14.3 Å². The van der Waals surface area contributed by atoms with Crippen LogP contribution in [0.25, 0.3) is 10.4 Å². The standard InChI is InChI=1S/C15H15NO3S/c16-15(17)12-6-8-20-14(12)11-3-1-2-4-13(11)19-10-5-7-18-9-10/h1-4,6,8,10H,5,7,9H2,(H2,16,17). The molecule has 4 nitrogen and oxygen atoms in total. The van der Waals surface area contributed by atoms with Crippen LogP contribution in [0.1, 0.15) is 16.8 Å². The quantitative estimate of drug-likeness (QED) is 0.941. The monoisotopic (exact) mass is 289 g/mol. The number of ether oxygens (including phenoxy) is 2. The van der Waals surface area contributed by atoms with E-state index >= 15 is 0 Å². The number of carbonyl (C=O) groups is 1. The van der Waals surface area contributed by atoms with Crippen molar-refractivity contribution in [3.8, 4) is 16.2 Å². The number of carbonyl (C=O) groups excluding carboxylic acids is 1. The van der Waals surface area contributed by atoms with E-state index in [9.17, 15) is 4.79 Å². The van der Waals surface area contributed by atoms with Crippen LogP contribution in [0.3, 0.4) is 0 Å². The van der Waals surface area contributed by atoms with E-state index in [1.807, 2.05) is 29.6 Å². The molecule has 1 unspecified atom stereocenters. The molecule has 0 spiro atoms. The van der Waals surface area contributed by atoms with Gasteiger partial charge in [0.25, 0.3) is 0 Å². The van der Waals surface area contributed by atoms with E-state index in [2.05, 4.69) is 0 Å². The van der Waals surface area contributed by atoms with Crippen molar-refractivity contribution >= 4 is 17.2 Å². The van der Waals surface area contributed by atoms with E-state index in [4.69, 9.17) is 15.2 Å². The molecule has 104 valence electrons. The summed E-state index contributed by atoms with van der Waals surface area (Å²) in [4.78, 5) is 12.3. The van der Waals surface area contributed by atoms with Crippen LogP contribution < -0.4 is 10.5 Å². The molecule has 20 heavy (non-hydrogen) atoms. The maximum atomic E-state index is 11.5. The third-order valence-electron chi connectivity index (χ3n) is 3.24. The summed E-state index contributed by atoms with van der Waals surface area (Å²) in [5.74, 6) is 0.355. The summed E-state index contributed by atoms with van der Waals surface area (Å²) in [6, 6.07) is 9.46. The molecule has 2 N–H and O–H groups in total. The van der Waals surface area contributed by atoms with Gasteiger partial charge in [0.2, 0.25) is 5.91 Å². The Kier molecular flexibility index (Phi) is 3.71.